The SMILES string of the molecule is CCCNC(=O)C1CCN(C(=O)c2cc3ccccc3n2Cc2ccc(OC)cc2)CC1. The van der Waals surface area contributed by atoms with Gasteiger partial charge in [0.25, 0.3) is 5.91 Å². The van der Waals surface area contributed by atoms with Crippen LogP contribution >= 0.6 is 0 Å². The molecule has 1 aromatic heterocycles. The lowest BCUT2D eigenvalue weighted by atomic mass is 9.95. The lowest BCUT2D eigenvalue weighted by Gasteiger charge is -2.31. The number of nitrogens with one attached hydrogen (secondary N) is 1. The average molecular weight is 434 g/mol. The van der Waals surface area contributed by atoms with E-state index in [4.69, 9.17) is 4.74 Å². The van der Waals surface area contributed by atoms with Gasteiger partial charge in [0.05, 0.1) is 7.11 Å². The van der Waals surface area contributed by atoms with Crippen LogP contribution in [0.2, 0.25) is 0 Å². The number of piperidine rings is 1. The van der Waals surface area contributed by atoms with Crippen LogP contribution in [0.25, 0.3) is 10.9 Å². The minimum Gasteiger partial charge on any atom is -0.497 e. The van der Waals surface area contributed by atoms with Crippen LogP contribution in [0.1, 0.15) is 42.2 Å². The maximum atomic E-state index is 13.5. The molecular weight excluding hydrogens is 402 g/mol. The van der Waals surface area contributed by atoms with Gasteiger partial charge in [-0.1, -0.05) is 37.3 Å². The summed E-state index contributed by atoms with van der Waals surface area (Å²) in [5, 5.41) is 4.04. The van der Waals surface area contributed by atoms with E-state index in [1.807, 2.05) is 60.4 Å². The molecule has 0 aliphatic carbocycles. The molecule has 0 saturated carbocycles. The van der Waals surface area contributed by atoms with E-state index in [1.54, 1.807) is 7.11 Å². The molecule has 1 saturated heterocycles. The number of carbonyl (C=O) groups excluding carboxylic acids is 2. The first-order valence-electron chi connectivity index (χ1n) is 11.4. The van der Waals surface area contributed by atoms with E-state index in [9.17, 15) is 9.59 Å². The van der Waals surface area contributed by atoms with Gasteiger partial charge in [-0.2, -0.15) is 0 Å². The lowest BCUT2D eigenvalue weighted by Crippen LogP contribution is -2.43. The van der Waals surface area contributed by atoms with Gasteiger partial charge in [-0.3, -0.25) is 9.59 Å². The van der Waals surface area contributed by atoms with Crippen molar-refractivity contribution in [3.63, 3.8) is 0 Å². The topological polar surface area (TPSA) is 63.6 Å². The number of hydrogen-bond donors (Lipinski definition) is 1. The fourth-order valence-corrected chi connectivity index (χ4v) is 4.37. The molecule has 1 aliphatic heterocycles. The van der Waals surface area contributed by atoms with E-state index in [2.05, 4.69) is 16.0 Å². The summed E-state index contributed by atoms with van der Waals surface area (Å²) < 4.78 is 7.36. The van der Waals surface area contributed by atoms with Crippen LogP contribution < -0.4 is 10.1 Å². The molecular formula is C26H31N3O3. The van der Waals surface area contributed by atoms with E-state index in [1.165, 1.54) is 0 Å². The van der Waals surface area contributed by atoms with Gasteiger partial charge in [0.1, 0.15) is 11.4 Å². The number of rotatable bonds is 7. The van der Waals surface area contributed by atoms with Crippen molar-refractivity contribution in [3.8, 4) is 5.75 Å². The summed E-state index contributed by atoms with van der Waals surface area (Å²) in [5.74, 6) is 0.957. The lowest BCUT2D eigenvalue weighted by molar-refractivity contribution is -0.126. The number of benzene rings is 2. The standard InChI is InChI=1S/C26H31N3O3/c1-3-14-27-25(30)20-12-15-28(16-13-20)26(31)24-17-21-6-4-5-7-23(21)29(24)18-19-8-10-22(32-2)11-9-19/h4-11,17,20H,3,12-16,18H2,1-2H3,(H,27,30). The van der Waals surface area contributed by atoms with E-state index in [0.29, 0.717) is 44.7 Å². The molecule has 0 spiro atoms. The van der Waals surface area contributed by atoms with Crippen LogP contribution in [0.15, 0.2) is 54.6 Å². The van der Waals surface area contributed by atoms with Crippen LogP contribution in [0, 0.1) is 5.92 Å². The normalized spacial score (nSPS) is 14.5. The molecule has 2 amide bonds. The Morgan fingerprint density at radius 1 is 1.06 bits per heavy atom. The highest BCUT2D eigenvalue weighted by Gasteiger charge is 2.29. The zero-order valence-corrected chi connectivity index (χ0v) is 18.8. The van der Waals surface area contributed by atoms with Crippen molar-refractivity contribution >= 4 is 22.7 Å². The number of likely N-dealkylation sites (tertiary alicyclic amines) is 1. The number of aromatic nitrogens is 1. The molecule has 0 radical (unpaired) electrons. The van der Waals surface area contributed by atoms with Crippen molar-refractivity contribution in [2.24, 2.45) is 5.92 Å². The fourth-order valence-electron chi connectivity index (χ4n) is 4.37. The average Bonchev–Trinajstić information content (AvgIpc) is 3.21. The number of fused-ring (bicyclic) bond motifs is 1. The van der Waals surface area contributed by atoms with Crippen LogP contribution in [-0.2, 0) is 11.3 Å². The summed E-state index contributed by atoms with van der Waals surface area (Å²) in [4.78, 5) is 27.7. The largest absolute Gasteiger partial charge is 0.497 e. The Labute approximate surface area is 189 Å². The van der Waals surface area contributed by atoms with Gasteiger partial charge in [-0.05, 0) is 49.1 Å². The van der Waals surface area contributed by atoms with Crippen LogP contribution in [0.5, 0.6) is 5.75 Å². The molecule has 3 aromatic rings. The summed E-state index contributed by atoms with van der Waals surface area (Å²) in [6, 6.07) is 18.0. The molecule has 0 unspecified atom stereocenters. The Hall–Kier alpha value is -3.28. The third-order valence-corrected chi connectivity index (χ3v) is 6.23. The van der Waals surface area contributed by atoms with E-state index in [0.717, 1.165) is 28.6 Å². The first kappa shape index (κ1) is 21.9. The van der Waals surface area contributed by atoms with Gasteiger partial charge in [-0.25, -0.2) is 0 Å². The van der Waals surface area contributed by atoms with Gasteiger partial charge in [0, 0.05) is 43.0 Å². The van der Waals surface area contributed by atoms with E-state index < -0.39 is 0 Å². The first-order chi connectivity index (χ1) is 15.6. The number of hydrogen-bond acceptors (Lipinski definition) is 3. The second kappa shape index (κ2) is 9.90. The molecule has 0 bridgehead atoms. The first-order valence-corrected chi connectivity index (χ1v) is 11.4. The zero-order valence-electron chi connectivity index (χ0n) is 18.8. The summed E-state index contributed by atoms with van der Waals surface area (Å²) in [6.07, 6.45) is 2.35. The fraction of sp³-hybridized carbons (Fsp3) is 0.385. The predicted molar refractivity (Wildman–Crippen MR) is 126 cm³/mol. The number of methoxy groups -OCH3 is 1. The van der Waals surface area contributed by atoms with Gasteiger partial charge < -0.3 is 19.5 Å². The van der Waals surface area contributed by atoms with Crippen molar-refractivity contribution in [1.82, 2.24) is 14.8 Å². The monoisotopic (exact) mass is 433 g/mol. The summed E-state index contributed by atoms with van der Waals surface area (Å²) in [6.45, 7) is 4.57. The van der Waals surface area contributed by atoms with Crippen LogP contribution in [-0.4, -0.2) is 48.0 Å². The second-order valence-corrected chi connectivity index (χ2v) is 8.38. The van der Waals surface area contributed by atoms with Crippen LogP contribution in [0.4, 0.5) is 0 Å². The molecule has 32 heavy (non-hydrogen) atoms. The second-order valence-electron chi connectivity index (χ2n) is 8.38. The number of para-hydroxylation sites is 1. The zero-order chi connectivity index (χ0) is 22.5. The Balaban J connectivity index is 1.54. The van der Waals surface area contributed by atoms with Crippen molar-refractivity contribution in [1.29, 1.82) is 0 Å². The highest BCUT2D eigenvalue weighted by molar-refractivity contribution is 5.99. The predicted octanol–water partition coefficient (Wildman–Crippen LogP) is 4.08. The Morgan fingerprint density at radius 3 is 2.47 bits per heavy atom. The quantitative estimate of drug-likeness (QED) is 0.611. The van der Waals surface area contributed by atoms with E-state index in [-0.39, 0.29) is 17.7 Å². The van der Waals surface area contributed by atoms with Gasteiger partial charge in [0.15, 0.2) is 0 Å². The molecule has 1 aliphatic rings. The molecule has 1 fully saturated rings. The van der Waals surface area contributed by atoms with Crippen LogP contribution in [0.3, 0.4) is 0 Å². The smallest absolute Gasteiger partial charge is 0.270 e. The summed E-state index contributed by atoms with van der Waals surface area (Å²) >= 11 is 0. The number of nitrogens with zero attached hydrogens (tertiary/aromatic N) is 2. The highest BCUT2D eigenvalue weighted by Crippen LogP contribution is 2.25. The van der Waals surface area contributed by atoms with Crippen molar-refractivity contribution < 1.29 is 14.3 Å². The number of carbonyl (C=O) groups is 2. The Bertz CT molecular complexity index is 1080. The Kier molecular flexibility index (Phi) is 6.78. The van der Waals surface area contributed by atoms with Gasteiger partial charge >= 0.3 is 0 Å². The third-order valence-electron chi connectivity index (χ3n) is 6.23. The molecule has 6 nitrogen and oxygen atoms in total. The molecule has 2 heterocycles. The maximum Gasteiger partial charge on any atom is 0.270 e. The van der Waals surface area contributed by atoms with Crippen molar-refractivity contribution in [2.45, 2.75) is 32.7 Å². The van der Waals surface area contributed by atoms with Gasteiger partial charge in [-0.15, -0.1) is 0 Å². The van der Waals surface area contributed by atoms with Crippen molar-refractivity contribution in [3.05, 3.63) is 65.9 Å². The minimum atomic E-state index is -0.00393. The highest BCUT2D eigenvalue weighted by atomic mass is 16.5. The maximum absolute atomic E-state index is 13.5. The van der Waals surface area contributed by atoms with Crippen molar-refractivity contribution in [2.75, 3.05) is 26.7 Å². The third kappa shape index (κ3) is 4.64. The molecule has 0 atom stereocenters. The number of amides is 2. The summed E-state index contributed by atoms with van der Waals surface area (Å²) in [5.41, 5.74) is 2.84. The van der Waals surface area contributed by atoms with E-state index >= 15 is 0 Å². The molecule has 4 rings (SSSR count). The molecule has 168 valence electrons. The minimum absolute atomic E-state index is 0.00393. The Morgan fingerprint density at radius 2 is 1.78 bits per heavy atom. The molecule has 1 N–H and O–H groups in total. The van der Waals surface area contributed by atoms with Gasteiger partial charge in [0.2, 0.25) is 5.91 Å². The molecule has 2 aromatic carbocycles. The summed E-state index contributed by atoms with van der Waals surface area (Å²) in [7, 11) is 1.65. The number of ether oxygens (including phenoxy) is 1. The molecule has 6 heteroatoms.